The smallest absolute Gasteiger partial charge is 0.246 e. The number of carbonyl (C=O) groups excluding carboxylic acids is 1. The molecule has 0 bridgehead atoms. The maximum Gasteiger partial charge on any atom is 0.246 e. The number of aromatic nitrogens is 1. The van der Waals surface area contributed by atoms with Gasteiger partial charge in [-0.2, -0.15) is 0 Å². The van der Waals surface area contributed by atoms with Crippen molar-refractivity contribution in [1.82, 2.24) is 14.8 Å². The molecule has 4 nitrogen and oxygen atoms in total. The highest BCUT2D eigenvalue weighted by Crippen LogP contribution is 2.17. The Hall–Kier alpha value is -3.24. The molecule has 146 valence electrons. The van der Waals surface area contributed by atoms with E-state index in [4.69, 9.17) is 0 Å². The quantitative estimate of drug-likeness (QED) is 0.622. The summed E-state index contributed by atoms with van der Waals surface area (Å²) in [5, 5.41) is 1.08. The van der Waals surface area contributed by atoms with E-state index in [0.717, 1.165) is 49.2 Å². The van der Waals surface area contributed by atoms with Crippen molar-refractivity contribution in [2.45, 2.75) is 0 Å². The van der Waals surface area contributed by atoms with Crippen LogP contribution in [0.25, 0.3) is 23.1 Å². The van der Waals surface area contributed by atoms with Crippen molar-refractivity contribution in [2.24, 2.45) is 0 Å². The summed E-state index contributed by atoms with van der Waals surface area (Å²) in [7, 11) is 0. The van der Waals surface area contributed by atoms with E-state index in [-0.39, 0.29) is 5.91 Å². The summed E-state index contributed by atoms with van der Waals surface area (Å²) in [6, 6.07) is 20.3. The maximum absolute atomic E-state index is 12.6. The molecule has 1 aromatic heterocycles. The number of fused-ring (bicyclic) bond motifs is 1. The lowest BCUT2D eigenvalue weighted by atomic mass is 10.1. The average Bonchev–Trinajstić information content (AvgIpc) is 2.78. The van der Waals surface area contributed by atoms with Crippen LogP contribution in [0.4, 0.5) is 0 Å². The SMILES string of the molecule is O=C(/C=C/c1cccc2cccnc12)N1CCN(C/C=C/c2ccccc2)CC1. The molecule has 4 rings (SSSR count). The van der Waals surface area contributed by atoms with Crippen LogP contribution in [0.2, 0.25) is 0 Å². The minimum atomic E-state index is 0.0670. The maximum atomic E-state index is 12.6. The first-order valence-corrected chi connectivity index (χ1v) is 10.0. The number of carbonyl (C=O) groups is 1. The summed E-state index contributed by atoms with van der Waals surface area (Å²) in [5.74, 6) is 0.0670. The third-order valence-corrected chi connectivity index (χ3v) is 5.23. The topological polar surface area (TPSA) is 36.4 Å². The van der Waals surface area contributed by atoms with Gasteiger partial charge in [-0.25, -0.2) is 0 Å². The minimum Gasteiger partial charge on any atom is -0.337 e. The third kappa shape index (κ3) is 4.98. The van der Waals surface area contributed by atoms with Gasteiger partial charge in [-0.1, -0.05) is 66.7 Å². The Kier molecular flexibility index (Phi) is 6.13. The zero-order valence-electron chi connectivity index (χ0n) is 16.4. The van der Waals surface area contributed by atoms with E-state index >= 15 is 0 Å². The van der Waals surface area contributed by atoms with Crippen LogP contribution in [-0.4, -0.2) is 53.4 Å². The standard InChI is InChI=1S/C25H25N3O/c29-24(14-13-23-11-4-10-22-12-5-15-26-25(22)23)28-19-17-27(18-20-28)16-6-9-21-7-2-1-3-8-21/h1-15H,16-20H2/b9-6+,14-13+. The Morgan fingerprint density at radius 1 is 0.897 bits per heavy atom. The Labute approximate surface area is 171 Å². The van der Waals surface area contributed by atoms with E-state index in [1.165, 1.54) is 5.56 Å². The zero-order chi connectivity index (χ0) is 19.9. The average molecular weight is 383 g/mol. The number of para-hydroxylation sites is 1. The summed E-state index contributed by atoms with van der Waals surface area (Å²) >= 11 is 0. The van der Waals surface area contributed by atoms with E-state index in [9.17, 15) is 4.79 Å². The number of piperazine rings is 1. The number of rotatable bonds is 5. The van der Waals surface area contributed by atoms with Crippen molar-refractivity contribution in [3.05, 3.63) is 90.1 Å². The third-order valence-electron chi connectivity index (χ3n) is 5.23. The van der Waals surface area contributed by atoms with Gasteiger partial charge in [-0.3, -0.25) is 14.7 Å². The van der Waals surface area contributed by atoms with Crippen molar-refractivity contribution < 1.29 is 4.79 Å². The fourth-order valence-electron chi connectivity index (χ4n) is 3.58. The molecule has 2 heterocycles. The molecular weight excluding hydrogens is 358 g/mol. The molecule has 0 spiro atoms. The van der Waals surface area contributed by atoms with Crippen molar-refractivity contribution in [3.8, 4) is 0 Å². The van der Waals surface area contributed by atoms with Gasteiger partial charge in [0.15, 0.2) is 0 Å². The van der Waals surface area contributed by atoms with Gasteiger partial charge in [0.1, 0.15) is 0 Å². The first kappa shape index (κ1) is 19.1. The zero-order valence-corrected chi connectivity index (χ0v) is 16.4. The summed E-state index contributed by atoms with van der Waals surface area (Å²) in [5.41, 5.74) is 3.12. The summed E-state index contributed by atoms with van der Waals surface area (Å²) < 4.78 is 0. The van der Waals surface area contributed by atoms with Crippen LogP contribution in [0.5, 0.6) is 0 Å². The number of amides is 1. The molecule has 0 unspecified atom stereocenters. The molecule has 1 fully saturated rings. The monoisotopic (exact) mass is 383 g/mol. The second-order valence-electron chi connectivity index (χ2n) is 7.19. The predicted octanol–water partition coefficient (Wildman–Crippen LogP) is 4.11. The van der Waals surface area contributed by atoms with Crippen molar-refractivity contribution >= 4 is 29.0 Å². The van der Waals surface area contributed by atoms with Crippen molar-refractivity contribution in [2.75, 3.05) is 32.7 Å². The van der Waals surface area contributed by atoms with Gasteiger partial charge in [0.2, 0.25) is 5.91 Å². The van der Waals surface area contributed by atoms with E-state index < -0.39 is 0 Å². The van der Waals surface area contributed by atoms with Gasteiger partial charge < -0.3 is 4.90 Å². The molecule has 4 heteroatoms. The van der Waals surface area contributed by atoms with E-state index in [2.05, 4.69) is 34.2 Å². The van der Waals surface area contributed by atoms with Crippen LogP contribution in [-0.2, 0) is 4.79 Å². The minimum absolute atomic E-state index is 0.0670. The van der Waals surface area contributed by atoms with Crippen molar-refractivity contribution in [1.29, 1.82) is 0 Å². The molecule has 1 aliphatic rings. The second kappa shape index (κ2) is 9.30. The fourth-order valence-corrected chi connectivity index (χ4v) is 3.58. The van der Waals surface area contributed by atoms with Gasteiger partial charge in [0.25, 0.3) is 0 Å². The lowest BCUT2D eigenvalue weighted by molar-refractivity contribution is -0.127. The molecule has 0 saturated carbocycles. The van der Waals surface area contributed by atoms with Gasteiger partial charge in [0, 0.05) is 55.9 Å². The molecule has 0 radical (unpaired) electrons. The number of pyridine rings is 1. The summed E-state index contributed by atoms with van der Waals surface area (Å²) in [6.07, 6.45) is 9.69. The largest absolute Gasteiger partial charge is 0.337 e. The fraction of sp³-hybridized carbons (Fsp3) is 0.200. The van der Waals surface area contributed by atoms with Gasteiger partial charge >= 0.3 is 0 Å². The Balaban J connectivity index is 1.30. The number of nitrogens with zero attached hydrogens (tertiary/aromatic N) is 3. The van der Waals surface area contributed by atoms with E-state index in [0.29, 0.717) is 0 Å². The highest BCUT2D eigenvalue weighted by Gasteiger charge is 2.18. The lowest BCUT2D eigenvalue weighted by Crippen LogP contribution is -2.48. The first-order valence-electron chi connectivity index (χ1n) is 10.0. The van der Waals surface area contributed by atoms with Crippen LogP contribution in [0.1, 0.15) is 11.1 Å². The highest BCUT2D eigenvalue weighted by atomic mass is 16.2. The molecule has 0 atom stereocenters. The van der Waals surface area contributed by atoms with E-state index in [1.807, 2.05) is 59.5 Å². The molecule has 29 heavy (non-hydrogen) atoms. The Bertz CT molecular complexity index is 1010. The van der Waals surface area contributed by atoms with Crippen LogP contribution in [0.15, 0.2) is 79.0 Å². The normalized spacial score (nSPS) is 15.5. The Morgan fingerprint density at radius 3 is 2.52 bits per heavy atom. The van der Waals surface area contributed by atoms with E-state index in [1.54, 1.807) is 12.3 Å². The van der Waals surface area contributed by atoms with Crippen LogP contribution >= 0.6 is 0 Å². The molecule has 3 aromatic rings. The Morgan fingerprint density at radius 2 is 1.69 bits per heavy atom. The van der Waals surface area contributed by atoms with Crippen molar-refractivity contribution in [3.63, 3.8) is 0 Å². The predicted molar refractivity (Wildman–Crippen MR) is 119 cm³/mol. The highest BCUT2D eigenvalue weighted by molar-refractivity contribution is 5.95. The molecule has 1 amide bonds. The lowest BCUT2D eigenvalue weighted by Gasteiger charge is -2.33. The second-order valence-corrected chi connectivity index (χ2v) is 7.19. The van der Waals surface area contributed by atoms with Gasteiger partial charge in [0.05, 0.1) is 5.52 Å². The van der Waals surface area contributed by atoms with Gasteiger partial charge in [-0.05, 0) is 17.7 Å². The summed E-state index contributed by atoms with van der Waals surface area (Å²) in [6.45, 7) is 4.23. The molecule has 0 N–H and O–H groups in total. The first-order chi connectivity index (χ1) is 14.3. The molecule has 1 saturated heterocycles. The molecule has 0 aliphatic carbocycles. The molecular formula is C25H25N3O. The van der Waals surface area contributed by atoms with Crippen LogP contribution < -0.4 is 0 Å². The van der Waals surface area contributed by atoms with Crippen LogP contribution in [0.3, 0.4) is 0 Å². The van der Waals surface area contributed by atoms with Crippen LogP contribution in [0, 0.1) is 0 Å². The molecule has 1 aliphatic heterocycles. The molecule has 2 aromatic carbocycles. The number of hydrogen-bond acceptors (Lipinski definition) is 3. The summed E-state index contributed by atoms with van der Waals surface area (Å²) in [4.78, 5) is 21.3. The van der Waals surface area contributed by atoms with Gasteiger partial charge in [-0.15, -0.1) is 0 Å². The number of hydrogen-bond donors (Lipinski definition) is 0. The number of benzene rings is 2.